The second-order valence-corrected chi connectivity index (χ2v) is 9.80. The third kappa shape index (κ3) is 5.21. The molecule has 4 amide bonds. The molecule has 2 saturated heterocycles. The molecule has 192 valence electrons. The van der Waals surface area contributed by atoms with Gasteiger partial charge in [0, 0.05) is 36.5 Å². The van der Waals surface area contributed by atoms with E-state index >= 15 is 0 Å². The molecular weight excluding hydrogens is 470 g/mol. The van der Waals surface area contributed by atoms with Gasteiger partial charge in [0.25, 0.3) is 0 Å². The van der Waals surface area contributed by atoms with Crippen LogP contribution in [0.4, 0.5) is 0 Å². The fourth-order valence-corrected chi connectivity index (χ4v) is 5.26. The first-order valence-corrected chi connectivity index (χ1v) is 12.7. The summed E-state index contributed by atoms with van der Waals surface area (Å²) in [7, 11) is 0. The summed E-state index contributed by atoms with van der Waals surface area (Å²) < 4.78 is 0. The van der Waals surface area contributed by atoms with Crippen molar-refractivity contribution >= 4 is 34.5 Å². The Morgan fingerprint density at radius 1 is 0.811 bits per heavy atom. The third-order valence-electron chi connectivity index (χ3n) is 7.22. The lowest BCUT2D eigenvalue weighted by Crippen LogP contribution is -2.61. The SMILES string of the molecule is C[C@H]1NC(=O)[C@H](Cc2c[nH]c3ccccc23)NC(=O)[C@H](Cc2ccccc2)NC(=O)[C@H]2CCCN2C1=O. The minimum absolute atomic E-state index is 0.223. The summed E-state index contributed by atoms with van der Waals surface area (Å²) in [5.41, 5.74) is 2.67. The Bertz CT molecular complexity index is 1320. The van der Waals surface area contributed by atoms with Gasteiger partial charge in [-0.3, -0.25) is 19.2 Å². The quantitative estimate of drug-likeness (QED) is 0.432. The predicted molar refractivity (Wildman–Crippen MR) is 138 cm³/mol. The number of H-pyrrole nitrogens is 1. The maximum absolute atomic E-state index is 13.6. The monoisotopic (exact) mass is 501 g/mol. The summed E-state index contributed by atoms with van der Waals surface area (Å²) in [4.78, 5) is 58.2. The number of carbonyl (C=O) groups excluding carboxylic acids is 4. The lowest BCUT2D eigenvalue weighted by molar-refractivity contribution is -0.143. The Kier molecular flexibility index (Phi) is 6.94. The number of hydrogen-bond donors (Lipinski definition) is 4. The molecule has 0 radical (unpaired) electrons. The average Bonchev–Trinajstić information content (AvgIpc) is 3.55. The highest BCUT2D eigenvalue weighted by atomic mass is 16.2. The van der Waals surface area contributed by atoms with E-state index in [1.807, 2.05) is 60.8 Å². The number of carbonyl (C=O) groups is 4. The molecule has 9 nitrogen and oxygen atoms in total. The van der Waals surface area contributed by atoms with Gasteiger partial charge in [-0.1, -0.05) is 48.5 Å². The molecule has 2 fully saturated rings. The Labute approximate surface area is 215 Å². The van der Waals surface area contributed by atoms with Gasteiger partial charge in [0.15, 0.2) is 0 Å². The molecule has 3 aromatic rings. The number of para-hydroxylation sites is 1. The molecule has 2 aliphatic heterocycles. The first-order valence-electron chi connectivity index (χ1n) is 12.7. The van der Waals surface area contributed by atoms with E-state index in [0.29, 0.717) is 19.4 Å². The van der Waals surface area contributed by atoms with Crippen molar-refractivity contribution in [2.75, 3.05) is 6.54 Å². The third-order valence-corrected chi connectivity index (χ3v) is 7.22. The van der Waals surface area contributed by atoms with E-state index in [-0.39, 0.29) is 24.7 Å². The molecular formula is C28H31N5O4. The predicted octanol–water partition coefficient (Wildman–Crippen LogP) is 1.43. The van der Waals surface area contributed by atoms with Gasteiger partial charge in [-0.2, -0.15) is 0 Å². The van der Waals surface area contributed by atoms with Gasteiger partial charge < -0.3 is 25.8 Å². The zero-order chi connectivity index (χ0) is 25.9. The smallest absolute Gasteiger partial charge is 0.245 e. The van der Waals surface area contributed by atoms with Crippen LogP contribution < -0.4 is 16.0 Å². The van der Waals surface area contributed by atoms with Crippen LogP contribution in [0.5, 0.6) is 0 Å². The minimum atomic E-state index is -0.939. The molecule has 0 aliphatic carbocycles. The van der Waals surface area contributed by atoms with Crippen LogP contribution in [-0.4, -0.2) is 64.2 Å². The fraction of sp³-hybridized carbons (Fsp3) is 0.357. The van der Waals surface area contributed by atoms with Crippen molar-refractivity contribution in [2.24, 2.45) is 0 Å². The molecule has 0 spiro atoms. The van der Waals surface area contributed by atoms with Gasteiger partial charge >= 0.3 is 0 Å². The summed E-state index contributed by atoms with van der Waals surface area (Å²) in [5.74, 6) is -1.54. The number of nitrogens with one attached hydrogen (secondary N) is 4. The maximum atomic E-state index is 13.6. The van der Waals surface area contributed by atoms with Crippen LogP contribution in [0, 0.1) is 0 Å². The summed E-state index contributed by atoms with van der Waals surface area (Å²) in [6.07, 6.45) is 3.51. The normalized spacial score (nSPS) is 25.1. The Hall–Kier alpha value is -4.14. The standard InChI is InChI=1S/C28H31N5O4/c1-17-28(37)33-13-7-12-24(33)27(36)32-22(14-18-8-3-2-4-9-18)26(35)31-23(25(34)30-17)15-19-16-29-21-11-6-5-10-20(19)21/h2-6,8-11,16-17,22-24,29H,7,12-15H2,1H3,(H,30,34)(H,31,35)(H,32,36)/t17-,22+,23+,24-/m1/s1. The Balaban J connectivity index is 1.47. The van der Waals surface area contributed by atoms with Gasteiger partial charge in [-0.15, -0.1) is 0 Å². The molecule has 3 heterocycles. The minimum Gasteiger partial charge on any atom is -0.361 e. The fourth-order valence-electron chi connectivity index (χ4n) is 5.26. The van der Waals surface area contributed by atoms with Crippen molar-refractivity contribution in [2.45, 2.75) is 56.8 Å². The number of nitrogens with zero attached hydrogens (tertiary/aromatic N) is 1. The van der Waals surface area contributed by atoms with Crippen LogP contribution in [0.3, 0.4) is 0 Å². The van der Waals surface area contributed by atoms with Crippen LogP contribution in [0.1, 0.15) is 30.9 Å². The van der Waals surface area contributed by atoms with Crippen molar-refractivity contribution in [1.29, 1.82) is 0 Å². The molecule has 4 N–H and O–H groups in total. The first kappa shape index (κ1) is 24.5. The van der Waals surface area contributed by atoms with E-state index in [1.54, 1.807) is 6.92 Å². The average molecular weight is 502 g/mol. The molecule has 2 aliphatic rings. The van der Waals surface area contributed by atoms with Crippen LogP contribution in [0.15, 0.2) is 60.8 Å². The van der Waals surface area contributed by atoms with Crippen LogP contribution in [-0.2, 0) is 32.0 Å². The largest absolute Gasteiger partial charge is 0.361 e. The van der Waals surface area contributed by atoms with Crippen LogP contribution >= 0.6 is 0 Å². The maximum Gasteiger partial charge on any atom is 0.245 e. The van der Waals surface area contributed by atoms with Gasteiger partial charge in [-0.25, -0.2) is 0 Å². The summed E-state index contributed by atoms with van der Waals surface area (Å²) in [6.45, 7) is 2.05. The van der Waals surface area contributed by atoms with Crippen LogP contribution in [0.2, 0.25) is 0 Å². The molecule has 9 heteroatoms. The van der Waals surface area contributed by atoms with Crippen LogP contribution in [0.25, 0.3) is 10.9 Å². The number of benzene rings is 2. The summed E-state index contributed by atoms with van der Waals surface area (Å²) in [6, 6.07) is 13.8. The highest BCUT2D eigenvalue weighted by molar-refractivity contribution is 5.98. The molecule has 0 saturated carbocycles. The number of fused-ring (bicyclic) bond motifs is 2. The summed E-state index contributed by atoms with van der Waals surface area (Å²) >= 11 is 0. The molecule has 2 aromatic carbocycles. The van der Waals surface area contributed by atoms with E-state index in [0.717, 1.165) is 22.0 Å². The van der Waals surface area contributed by atoms with Crippen molar-refractivity contribution in [3.8, 4) is 0 Å². The van der Waals surface area contributed by atoms with E-state index in [1.165, 1.54) is 4.90 Å². The number of hydrogen-bond acceptors (Lipinski definition) is 4. The molecule has 4 atom stereocenters. The van der Waals surface area contributed by atoms with Crippen molar-refractivity contribution in [3.63, 3.8) is 0 Å². The Morgan fingerprint density at radius 2 is 1.49 bits per heavy atom. The zero-order valence-electron chi connectivity index (χ0n) is 20.7. The summed E-state index contributed by atoms with van der Waals surface area (Å²) in [5, 5.41) is 9.49. The van der Waals surface area contributed by atoms with E-state index in [9.17, 15) is 19.2 Å². The van der Waals surface area contributed by atoms with Crippen molar-refractivity contribution in [3.05, 3.63) is 71.9 Å². The molecule has 37 heavy (non-hydrogen) atoms. The lowest BCUT2D eigenvalue weighted by Gasteiger charge is -2.31. The zero-order valence-corrected chi connectivity index (χ0v) is 20.7. The van der Waals surface area contributed by atoms with Crippen molar-refractivity contribution < 1.29 is 19.2 Å². The van der Waals surface area contributed by atoms with E-state index in [2.05, 4.69) is 20.9 Å². The highest BCUT2D eigenvalue weighted by Crippen LogP contribution is 2.21. The van der Waals surface area contributed by atoms with E-state index < -0.39 is 36.0 Å². The molecule has 0 bridgehead atoms. The number of aromatic amines is 1. The number of amides is 4. The topological polar surface area (TPSA) is 123 Å². The second kappa shape index (κ2) is 10.5. The van der Waals surface area contributed by atoms with Gasteiger partial charge in [0.05, 0.1) is 0 Å². The van der Waals surface area contributed by atoms with Crippen molar-refractivity contribution in [1.82, 2.24) is 25.8 Å². The second-order valence-electron chi connectivity index (χ2n) is 9.80. The van der Waals surface area contributed by atoms with Gasteiger partial charge in [-0.05, 0) is 37.0 Å². The molecule has 0 unspecified atom stereocenters. The molecule has 1 aromatic heterocycles. The molecule has 5 rings (SSSR count). The first-order chi connectivity index (χ1) is 17.9. The number of aromatic nitrogens is 1. The van der Waals surface area contributed by atoms with Gasteiger partial charge in [0.2, 0.25) is 23.6 Å². The van der Waals surface area contributed by atoms with Gasteiger partial charge in [0.1, 0.15) is 24.2 Å². The highest BCUT2D eigenvalue weighted by Gasteiger charge is 2.39. The lowest BCUT2D eigenvalue weighted by atomic mass is 10.0. The number of rotatable bonds is 4. The van der Waals surface area contributed by atoms with E-state index in [4.69, 9.17) is 0 Å². The Morgan fingerprint density at radius 3 is 2.30 bits per heavy atom.